The van der Waals surface area contributed by atoms with Gasteiger partial charge < -0.3 is 23.4 Å². The molecule has 0 saturated carbocycles. The van der Waals surface area contributed by atoms with E-state index in [4.69, 9.17) is 11.6 Å². The van der Waals surface area contributed by atoms with Gasteiger partial charge in [0.05, 0.1) is 30.4 Å². The number of phosphoric acid groups is 1. The number of carbonyl (C=O) groups is 1. The second-order valence-corrected chi connectivity index (χ2v) is 12.1. The number of phosphoric ester groups is 1. The Hall–Kier alpha value is -1.19. The molecule has 0 fully saturated rings. The van der Waals surface area contributed by atoms with Crippen molar-refractivity contribution in [3.8, 4) is 11.1 Å². The normalized spacial score (nSPS) is 12.4. The molecule has 4 aromatic rings. The zero-order valence-electron chi connectivity index (χ0n) is 22.9. The Morgan fingerprint density at radius 2 is 1.79 bits per heavy atom. The van der Waals surface area contributed by atoms with Crippen LogP contribution >= 0.6 is 19.4 Å². The second kappa shape index (κ2) is 14.7. The van der Waals surface area contributed by atoms with Gasteiger partial charge in [0.1, 0.15) is 17.7 Å². The molecule has 2 aromatic heterocycles. The minimum Gasteiger partial charge on any atom is -0.790 e. The van der Waals surface area contributed by atoms with Gasteiger partial charge in [0.15, 0.2) is 5.82 Å². The van der Waals surface area contributed by atoms with Crippen molar-refractivity contribution in [2.75, 3.05) is 10.5 Å². The first-order valence-electron chi connectivity index (χ1n) is 11.7. The number of hydrogen-bond donors (Lipinski definition) is 1. The van der Waals surface area contributed by atoms with Gasteiger partial charge in [0.25, 0.3) is 0 Å². The van der Waals surface area contributed by atoms with Crippen LogP contribution in [0.1, 0.15) is 42.4 Å². The first-order chi connectivity index (χ1) is 18.7. The number of nitrogens with zero attached hydrogens (tertiary/aromatic N) is 2. The largest absolute Gasteiger partial charge is 1.00 e. The number of halogens is 3. The Morgan fingerprint density at radius 3 is 2.38 bits per heavy atom. The van der Waals surface area contributed by atoms with Crippen LogP contribution in [0.15, 0.2) is 54.9 Å². The van der Waals surface area contributed by atoms with Gasteiger partial charge in [-0.25, -0.2) is 22.2 Å². The molecule has 0 spiro atoms. The number of benzene rings is 2. The predicted octanol–water partition coefficient (Wildman–Crippen LogP) is -1.61. The summed E-state index contributed by atoms with van der Waals surface area (Å²) in [5, 5.41) is 0.515. The molecule has 42 heavy (non-hydrogen) atoms. The van der Waals surface area contributed by atoms with E-state index in [1.807, 2.05) is 4.72 Å². The number of anilines is 1. The zero-order chi connectivity index (χ0) is 29.4. The Balaban J connectivity index is 0.00000308. The fraction of sp³-hybridized carbons (Fsp3) is 0.200. The molecule has 0 saturated heterocycles. The van der Waals surface area contributed by atoms with Crippen LogP contribution in [0.4, 0.5) is 14.5 Å². The summed E-state index contributed by atoms with van der Waals surface area (Å²) >= 11 is 5.95. The number of sulfonamides is 1. The number of aromatic nitrogens is 2. The Morgan fingerprint density at radius 1 is 1.14 bits per heavy atom. The fourth-order valence-corrected chi connectivity index (χ4v) is 5.82. The van der Waals surface area contributed by atoms with Crippen molar-refractivity contribution in [3.63, 3.8) is 0 Å². The Labute approximate surface area is 289 Å². The summed E-state index contributed by atoms with van der Waals surface area (Å²) in [4.78, 5) is 40.4. The van der Waals surface area contributed by atoms with Crippen LogP contribution < -0.4 is 73.6 Å². The molecule has 1 atom stereocenters. The summed E-state index contributed by atoms with van der Waals surface area (Å²) in [6.07, 6.45) is 1.22. The van der Waals surface area contributed by atoms with Crippen LogP contribution in [-0.2, 0) is 19.1 Å². The molecular formula is C25H21ClF2N3Na2O7PS. The van der Waals surface area contributed by atoms with Crippen LogP contribution in [0, 0.1) is 11.6 Å². The topological polar surface area (TPSA) is 153 Å². The van der Waals surface area contributed by atoms with E-state index >= 15 is 4.39 Å². The van der Waals surface area contributed by atoms with E-state index in [1.54, 1.807) is 31.2 Å². The molecule has 2 heterocycles. The molecule has 0 aliphatic heterocycles. The van der Waals surface area contributed by atoms with E-state index < -0.39 is 52.7 Å². The predicted molar refractivity (Wildman–Crippen MR) is 141 cm³/mol. The SMILES string of the molecule is CCCS(=O)(=O)Nc1ccc(F)c(C(=O)c2cn(C(C)OP(=O)([O-])[O-])c3ncc(-c4ccc(Cl)cc4)cc23)c1F.[Na+].[Na+]. The van der Waals surface area contributed by atoms with Crippen LogP contribution in [-0.4, -0.2) is 29.5 Å². The van der Waals surface area contributed by atoms with E-state index in [9.17, 15) is 32.0 Å². The Kier molecular flexibility index (Phi) is 13.0. The smallest absolute Gasteiger partial charge is 0.790 e. The van der Waals surface area contributed by atoms with Crippen molar-refractivity contribution < 1.29 is 100.0 Å². The minimum absolute atomic E-state index is 0. The molecule has 1 unspecified atom stereocenters. The second-order valence-electron chi connectivity index (χ2n) is 8.74. The molecule has 0 radical (unpaired) electrons. The van der Waals surface area contributed by atoms with Crippen molar-refractivity contribution in [2.45, 2.75) is 26.5 Å². The number of rotatable bonds is 10. The third kappa shape index (κ3) is 8.50. The molecule has 0 amide bonds. The number of pyridine rings is 1. The van der Waals surface area contributed by atoms with E-state index in [2.05, 4.69) is 9.51 Å². The van der Waals surface area contributed by atoms with E-state index in [1.165, 1.54) is 19.2 Å². The van der Waals surface area contributed by atoms with E-state index in [-0.39, 0.29) is 87.9 Å². The molecule has 212 valence electrons. The Bertz CT molecular complexity index is 1770. The monoisotopic (exact) mass is 657 g/mol. The summed E-state index contributed by atoms with van der Waals surface area (Å²) in [6, 6.07) is 9.66. The van der Waals surface area contributed by atoms with Crippen LogP contribution in [0.3, 0.4) is 0 Å². The quantitative estimate of drug-likeness (QED) is 0.122. The van der Waals surface area contributed by atoms with Crippen molar-refractivity contribution in [1.82, 2.24) is 9.55 Å². The fourth-order valence-electron chi connectivity index (χ4n) is 4.09. The van der Waals surface area contributed by atoms with Gasteiger partial charge in [-0.1, -0.05) is 30.7 Å². The van der Waals surface area contributed by atoms with Crippen molar-refractivity contribution >= 4 is 52.0 Å². The number of hydrogen-bond acceptors (Lipinski definition) is 8. The van der Waals surface area contributed by atoms with Crippen LogP contribution in [0.2, 0.25) is 5.02 Å². The van der Waals surface area contributed by atoms with Crippen molar-refractivity contribution in [3.05, 3.63) is 82.6 Å². The summed E-state index contributed by atoms with van der Waals surface area (Å²) in [5.41, 5.74) is -0.918. The van der Waals surface area contributed by atoms with Crippen molar-refractivity contribution in [2.24, 2.45) is 0 Å². The standard InChI is InChI=1S/C25H23ClF2N3O7PS.2Na/c1-3-10-40(36,37)30-21-9-8-20(27)22(23(21)28)24(32)19-13-31(14(2)38-39(33,34)35)25-18(19)11-16(12-29-25)15-4-6-17(26)7-5-15;;/h4-9,11-14,30H,3,10H2,1-2H3,(H2,33,34,35);;/q;2*+1/p-2. The first-order valence-corrected chi connectivity index (χ1v) is 15.2. The van der Waals surface area contributed by atoms with Gasteiger partial charge in [-0.15, -0.1) is 0 Å². The van der Waals surface area contributed by atoms with E-state index in [0.29, 0.717) is 16.1 Å². The van der Waals surface area contributed by atoms with Gasteiger partial charge in [-0.05, 0) is 49.2 Å². The van der Waals surface area contributed by atoms with Gasteiger partial charge in [-0.3, -0.25) is 9.52 Å². The third-order valence-corrected chi connectivity index (χ3v) is 8.11. The molecule has 2 aromatic carbocycles. The number of fused-ring (bicyclic) bond motifs is 1. The average molecular weight is 658 g/mol. The van der Waals surface area contributed by atoms with Gasteiger partial charge >= 0.3 is 59.1 Å². The van der Waals surface area contributed by atoms with Crippen LogP contribution in [0.5, 0.6) is 0 Å². The maximum absolute atomic E-state index is 15.4. The molecule has 1 N–H and O–H groups in total. The molecule has 4 rings (SSSR count). The number of ketones is 1. The molecule has 0 bridgehead atoms. The zero-order valence-corrected chi connectivity index (χ0v) is 29.4. The van der Waals surface area contributed by atoms with Crippen LogP contribution in [0.25, 0.3) is 22.2 Å². The molecule has 17 heteroatoms. The molecule has 0 aliphatic rings. The maximum atomic E-state index is 15.4. The first kappa shape index (κ1) is 37.0. The van der Waals surface area contributed by atoms with E-state index in [0.717, 1.165) is 22.9 Å². The average Bonchev–Trinajstić information content (AvgIpc) is 3.24. The summed E-state index contributed by atoms with van der Waals surface area (Å²) in [5.74, 6) is -4.23. The number of nitrogens with one attached hydrogen (secondary N) is 1. The molecule has 0 aliphatic carbocycles. The van der Waals surface area contributed by atoms with Gasteiger partial charge in [0.2, 0.25) is 15.8 Å². The number of carbonyl (C=O) groups excluding carboxylic acids is 1. The summed E-state index contributed by atoms with van der Waals surface area (Å²) in [7, 11) is -9.45. The maximum Gasteiger partial charge on any atom is 1.00 e. The third-order valence-electron chi connectivity index (χ3n) is 5.82. The summed E-state index contributed by atoms with van der Waals surface area (Å²) in [6.45, 7) is 2.80. The van der Waals surface area contributed by atoms with Gasteiger partial charge in [0, 0.05) is 28.4 Å². The molecular weight excluding hydrogens is 637 g/mol. The van der Waals surface area contributed by atoms with Gasteiger partial charge in [-0.2, -0.15) is 0 Å². The summed E-state index contributed by atoms with van der Waals surface area (Å²) < 4.78 is 73.6. The minimum atomic E-state index is -5.48. The van der Waals surface area contributed by atoms with Crippen molar-refractivity contribution in [1.29, 1.82) is 0 Å². The molecule has 10 nitrogen and oxygen atoms in total.